The van der Waals surface area contributed by atoms with E-state index in [0.29, 0.717) is 0 Å². The van der Waals surface area contributed by atoms with Crippen LogP contribution in [0.3, 0.4) is 0 Å². The molecule has 0 aliphatic carbocycles. The van der Waals surface area contributed by atoms with Crippen molar-refractivity contribution in [2.75, 3.05) is 0 Å². The second-order valence-corrected chi connectivity index (χ2v) is 2.86. The standard InChI is InChI=1S/C7H8O6/c1-3-5(8)12-7(10-3)11-4(2)6(9)13-7/h3-4H,1-2H3. The van der Waals surface area contributed by atoms with E-state index in [4.69, 9.17) is 9.47 Å². The van der Waals surface area contributed by atoms with Crippen LogP contribution in [0.15, 0.2) is 0 Å². The normalized spacial score (nSPS) is 43.8. The van der Waals surface area contributed by atoms with Crippen LogP contribution in [-0.2, 0) is 28.5 Å². The molecule has 0 bridgehead atoms. The van der Waals surface area contributed by atoms with E-state index >= 15 is 0 Å². The van der Waals surface area contributed by atoms with Crippen molar-refractivity contribution >= 4 is 11.9 Å². The van der Waals surface area contributed by atoms with Crippen LogP contribution in [0.25, 0.3) is 0 Å². The van der Waals surface area contributed by atoms with Crippen LogP contribution in [0.4, 0.5) is 0 Å². The van der Waals surface area contributed by atoms with Crippen molar-refractivity contribution in [3.05, 3.63) is 0 Å². The van der Waals surface area contributed by atoms with Crippen LogP contribution in [0.2, 0.25) is 0 Å². The van der Waals surface area contributed by atoms with E-state index in [1.807, 2.05) is 0 Å². The first kappa shape index (κ1) is 8.46. The molecule has 13 heavy (non-hydrogen) atoms. The summed E-state index contributed by atoms with van der Waals surface area (Å²) in [6, 6.07) is 0. The van der Waals surface area contributed by atoms with E-state index in [1.54, 1.807) is 0 Å². The van der Waals surface area contributed by atoms with E-state index in [2.05, 4.69) is 9.47 Å². The summed E-state index contributed by atoms with van der Waals surface area (Å²) in [5, 5.41) is 0. The van der Waals surface area contributed by atoms with Crippen molar-refractivity contribution in [1.29, 1.82) is 0 Å². The van der Waals surface area contributed by atoms with Gasteiger partial charge in [0.25, 0.3) is 0 Å². The van der Waals surface area contributed by atoms with E-state index in [-0.39, 0.29) is 0 Å². The van der Waals surface area contributed by atoms with Crippen molar-refractivity contribution in [3.63, 3.8) is 0 Å². The molecule has 0 saturated carbocycles. The predicted molar refractivity (Wildman–Crippen MR) is 36.0 cm³/mol. The Bertz CT molecular complexity index is 244. The monoisotopic (exact) mass is 188 g/mol. The zero-order chi connectivity index (χ0) is 9.64. The van der Waals surface area contributed by atoms with Gasteiger partial charge in [-0.3, -0.25) is 9.47 Å². The summed E-state index contributed by atoms with van der Waals surface area (Å²) in [6.07, 6.45) is -3.48. The zero-order valence-electron chi connectivity index (χ0n) is 7.10. The number of esters is 2. The van der Waals surface area contributed by atoms with Gasteiger partial charge in [0.1, 0.15) is 0 Å². The Balaban J connectivity index is 2.17. The summed E-state index contributed by atoms with van der Waals surface area (Å²) < 4.78 is 19.1. The predicted octanol–water partition coefficient (Wildman–Crippen LogP) is -0.479. The maximum absolute atomic E-state index is 10.9. The Hall–Kier alpha value is -1.14. The van der Waals surface area contributed by atoms with Gasteiger partial charge in [0, 0.05) is 0 Å². The number of carbonyl (C=O) groups is 2. The van der Waals surface area contributed by atoms with Crippen molar-refractivity contribution in [1.82, 2.24) is 0 Å². The van der Waals surface area contributed by atoms with Gasteiger partial charge in [0.2, 0.25) is 0 Å². The summed E-state index contributed by atoms with van der Waals surface area (Å²) in [7, 11) is 0. The maximum Gasteiger partial charge on any atom is 0.516 e. The molecule has 0 radical (unpaired) electrons. The van der Waals surface area contributed by atoms with Crippen molar-refractivity contribution in [2.45, 2.75) is 32.2 Å². The molecule has 2 aliphatic rings. The minimum Gasteiger partial charge on any atom is -0.371 e. The number of hydrogen-bond acceptors (Lipinski definition) is 6. The highest BCUT2D eigenvalue weighted by Crippen LogP contribution is 2.33. The smallest absolute Gasteiger partial charge is 0.371 e. The lowest BCUT2D eigenvalue weighted by Gasteiger charge is -2.15. The average Bonchev–Trinajstić information content (AvgIpc) is 2.39. The fourth-order valence-electron chi connectivity index (χ4n) is 1.09. The Kier molecular flexibility index (Phi) is 1.58. The van der Waals surface area contributed by atoms with Crippen LogP contribution in [0, 0.1) is 0 Å². The Morgan fingerprint density at radius 2 is 1.38 bits per heavy atom. The molecular formula is C7H8O6. The molecule has 72 valence electrons. The molecule has 0 aromatic rings. The molecule has 0 amide bonds. The minimum absolute atomic E-state index is 0.609. The summed E-state index contributed by atoms with van der Waals surface area (Å²) in [5.74, 6) is -1.22. The molecule has 6 nitrogen and oxygen atoms in total. The highest BCUT2D eigenvalue weighted by Gasteiger charge is 2.58. The third-order valence-electron chi connectivity index (χ3n) is 1.76. The lowest BCUT2D eigenvalue weighted by atomic mass is 10.4. The molecule has 1 spiro atoms. The molecule has 2 unspecified atom stereocenters. The van der Waals surface area contributed by atoms with Crippen LogP contribution in [0.1, 0.15) is 13.8 Å². The molecule has 2 rings (SSSR count). The number of ether oxygens (including phenoxy) is 4. The molecule has 2 fully saturated rings. The van der Waals surface area contributed by atoms with Gasteiger partial charge in [-0.25, -0.2) is 9.59 Å². The van der Waals surface area contributed by atoms with Crippen LogP contribution < -0.4 is 0 Å². The third-order valence-corrected chi connectivity index (χ3v) is 1.76. The molecule has 2 heterocycles. The molecule has 2 aliphatic heterocycles. The van der Waals surface area contributed by atoms with Crippen molar-refractivity contribution in [3.8, 4) is 0 Å². The Morgan fingerprint density at radius 1 is 1.00 bits per heavy atom. The Labute approximate surface area is 73.7 Å². The number of hydrogen-bond donors (Lipinski definition) is 0. The molecule has 0 N–H and O–H groups in total. The summed E-state index contributed by atoms with van der Waals surface area (Å²) in [5.41, 5.74) is 0. The van der Waals surface area contributed by atoms with Crippen molar-refractivity contribution in [2.24, 2.45) is 0 Å². The van der Waals surface area contributed by atoms with E-state index < -0.39 is 30.3 Å². The lowest BCUT2D eigenvalue weighted by Crippen LogP contribution is -2.32. The topological polar surface area (TPSA) is 71.1 Å². The second kappa shape index (κ2) is 2.43. The van der Waals surface area contributed by atoms with Gasteiger partial charge in [-0.1, -0.05) is 0 Å². The third kappa shape index (κ3) is 1.18. The number of rotatable bonds is 0. The largest absolute Gasteiger partial charge is 0.516 e. The van der Waals surface area contributed by atoms with Gasteiger partial charge < -0.3 is 9.47 Å². The lowest BCUT2D eigenvalue weighted by molar-refractivity contribution is -0.418. The summed E-state index contributed by atoms with van der Waals surface area (Å²) >= 11 is 0. The Morgan fingerprint density at radius 3 is 1.62 bits per heavy atom. The fourth-order valence-corrected chi connectivity index (χ4v) is 1.09. The van der Waals surface area contributed by atoms with E-state index in [0.717, 1.165) is 0 Å². The summed E-state index contributed by atoms with van der Waals surface area (Å²) in [4.78, 5) is 21.9. The molecule has 2 atom stereocenters. The quantitative estimate of drug-likeness (QED) is 0.478. The minimum atomic E-state index is -1.92. The van der Waals surface area contributed by atoms with Gasteiger partial charge in [-0.15, -0.1) is 0 Å². The molecule has 0 aromatic heterocycles. The van der Waals surface area contributed by atoms with E-state index in [1.165, 1.54) is 13.8 Å². The van der Waals surface area contributed by atoms with Gasteiger partial charge in [0.15, 0.2) is 12.2 Å². The highest BCUT2D eigenvalue weighted by atomic mass is 17.1. The highest BCUT2D eigenvalue weighted by molar-refractivity contribution is 5.79. The maximum atomic E-state index is 10.9. The van der Waals surface area contributed by atoms with E-state index in [9.17, 15) is 9.59 Å². The fraction of sp³-hybridized carbons (Fsp3) is 0.714. The molecule has 0 aromatic carbocycles. The first-order valence-corrected chi connectivity index (χ1v) is 3.84. The van der Waals surface area contributed by atoms with Crippen LogP contribution >= 0.6 is 0 Å². The average molecular weight is 188 g/mol. The van der Waals surface area contributed by atoms with Gasteiger partial charge in [-0.05, 0) is 13.8 Å². The van der Waals surface area contributed by atoms with Crippen LogP contribution in [-0.4, -0.2) is 30.3 Å². The second-order valence-electron chi connectivity index (χ2n) is 2.86. The SMILES string of the molecule is CC1OC2(OC1=O)OC(=O)C(C)O2. The van der Waals surface area contributed by atoms with Gasteiger partial charge in [-0.2, -0.15) is 0 Å². The molecule has 2 saturated heterocycles. The van der Waals surface area contributed by atoms with Crippen molar-refractivity contribution < 1.29 is 28.5 Å². The van der Waals surface area contributed by atoms with Gasteiger partial charge >= 0.3 is 18.1 Å². The first-order valence-electron chi connectivity index (χ1n) is 3.84. The zero-order valence-corrected chi connectivity index (χ0v) is 7.10. The molecular weight excluding hydrogens is 180 g/mol. The summed E-state index contributed by atoms with van der Waals surface area (Å²) in [6.45, 7) is 2.97. The van der Waals surface area contributed by atoms with Crippen LogP contribution in [0.5, 0.6) is 0 Å². The van der Waals surface area contributed by atoms with Gasteiger partial charge in [0.05, 0.1) is 0 Å². The molecule has 6 heteroatoms. The number of carbonyl (C=O) groups excluding carboxylic acids is 2. The first-order chi connectivity index (χ1) is 6.02.